The van der Waals surface area contributed by atoms with Crippen LogP contribution in [0.3, 0.4) is 0 Å². The van der Waals surface area contributed by atoms with E-state index >= 15 is 0 Å². The van der Waals surface area contributed by atoms with E-state index in [1.54, 1.807) is 6.07 Å². The quantitative estimate of drug-likeness (QED) is 0.925. The second-order valence-electron chi connectivity index (χ2n) is 5.48. The van der Waals surface area contributed by atoms with Crippen molar-refractivity contribution >= 4 is 0 Å². The van der Waals surface area contributed by atoms with E-state index in [4.69, 9.17) is 4.74 Å². The number of likely N-dealkylation sites (tertiary alicyclic amines) is 1. The van der Waals surface area contributed by atoms with Crippen molar-refractivity contribution in [3.63, 3.8) is 0 Å². The van der Waals surface area contributed by atoms with Crippen molar-refractivity contribution in [3.8, 4) is 5.75 Å². The van der Waals surface area contributed by atoms with E-state index < -0.39 is 11.7 Å². The number of halogens is 3. The van der Waals surface area contributed by atoms with Gasteiger partial charge in [0.05, 0.1) is 12.7 Å². The van der Waals surface area contributed by atoms with E-state index in [9.17, 15) is 13.2 Å². The Bertz CT molecular complexity index is 468. The summed E-state index contributed by atoms with van der Waals surface area (Å²) in [4.78, 5) is 2.23. The van der Waals surface area contributed by atoms with Crippen LogP contribution >= 0.6 is 0 Å². The number of benzene rings is 1. The second kappa shape index (κ2) is 6.66. The third-order valence-corrected chi connectivity index (χ3v) is 3.92. The molecular formula is C15H21F3N2O. The zero-order chi connectivity index (χ0) is 15.5. The molecule has 0 spiro atoms. The smallest absolute Gasteiger partial charge is 0.416 e. The Morgan fingerprint density at radius 2 is 1.95 bits per heavy atom. The second-order valence-corrected chi connectivity index (χ2v) is 5.48. The van der Waals surface area contributed by atoms with Gasteiger partial charge in [-0.3, -0.25) is 0 Å². The molecule has 1 heterocycles. The lowest BCUT2D eigenvalue weighted by atomic mass is 10.0. The van der Waals surface area contributed by atoms with Gasteiger partial charge in [0.2, 0.25) is 0 Å². The van der Waals surface area contributed by atoms with E-state index in [0.717, 1.165) is 32.0 Å². The summed E-state index contributed by atoms with van der Waals surface area (Å²) in [6.07, 6.45) is -2.43. The highest BCUT2D eigenvalue weighted by atomic mass is 19.4. The highest BCUT2D eigenvalue weighted by Gasteiger charge is 2.33. The monoisotopic (exact) mass is 302 g/mol. The molecule has 2 rings (SSSR count). The summed E-state index contributed by atoms with van der Waals surface area (Å²) in [6, 6.07) is 4.40. The van der Waals surface area contributed by atoms with Crippen molar-refractivity contribution in [1.82, 2.24) is 10.2 Å². The lowest BCUT2D eigenvalue weighted by Gasteiger charge is -2.30. The number of hydrogen-bond acceptors (Lipinski definition) is 3. The number of ether oxygens (including phenoxy) is 1. The molecule has 0 aliphatic carbocycles. The Balaban J connectivity index is 2.05. The molecule has 21 heavy (non-hydrogen) atoms. The van der Waals surface area contributed by atoms with Crippen molar-refractivity contribution in [2.24, 2.45) is 0 Å². The Morgan fingerprint density at radius 1 is 1.29 bits per heavy atom. The SMILES string of the molecule is COc1ccc(CNC2CCN(C)CC2)c(C(F)(F)F)c1. The summed E-state index contributed by atoms with van der Waals surface area (Å²) in [6.45, 7) is 2.19. The molecule has 0 saturated carbocycles. The van der Waals surface area contributed by atoms with Gasteiger partial charge in [-0.1, -0.05) is 6.07 Å². The zero-order valence-electron chi connectivity index (χ0n) is 12.3. The Morgan fingerprint density at radius 3 is 2.52 bits per heavy atom. The van der Waals surface area contributed by atoms with Gasteiger partial charge in [-0.25, -0.2) is 0 Å². The molecule has 1 aromatic carbocycles. The minimum absolute atomic E-state index is 0.227. The third kappa shape index (κ3) is 4.35. The van der Waals surface area contributed by atoms with Gasteiger partial charge in [0, 0.05) is 12.6 Å². The van der Waals surface area contributed by atoms with Crippen LogP contribution in [0.25, 0.3) is 0 Å². The van der Waals surface area contributed by atoms with Crippen molar-refractivity contribution in [3.05, 3.63) is 29.3 Å². The van der Waals surface area contributed by atoms with E-state index in [2.05, 4.69) is 17.3 Å². The average Bonchev–Trinajstić information content (AvgIpc) is 2.45. The maximum Gasteiger partial charge on any atom is 0.416 e. The van der Waals surface area contributed by atoms with Gasteiger partial charge in [0.25, 0.3) is 0 Å². The molecule has 0 atom stereocenters. The number of rotatable bonds is 4. The van der Waals surface area contributed by atoms with E-state index in [1.165, 1.54) is 13.2 Å². The lowest BCUT2D eigenvalue weighted by Crippen LogP contribution is -2.40. The van der Waals surface area contributed by atoms with Crippen LogP contribution in [0.5, 0.6) is 5.75 Å². The molecular weight excluding hydrogens is 281 g/mol. The van der Waals surface area contributed by atoms with Crippen LogP contribution < -0.4 is 10.1 Å². The number of methoxy groups -OCH3 is 1. The Labute approximate surface area is 123 Å². The first kappa shape index (κ1) is 16.1. The molecule has 1 aliphatic rings. The van der Waals surface area contributed by atoms with Gasteiger partial charge in [0.1, 0.15) is 5.75 Å². The normalized spacial score (nSPS) is 18.0. The number of nitrogens with zero attached hydrogens (tertiary/aromatic N) is 1. The number of hydrogen-bond donors (Lipinski definition) is 1. The molecule has 6 heteroatoms. The van der Waals surface area contributed by atoms with Crippen LogP contribution in [0.2, 0.25) is 0 Å². The average molecular weight is 302 g/mol. The van der Waals surface area contributed by atoms with E-state index in [-0.39, 0.29) is 23.9 Å². The summed E-state index contributed by atoms with van der Waals surface area (Å²) in [5, 5.41) is 3.24. The largest absolute Gasteiger partial charge is 0.497 e. The standard InChI is InChI=1S/C15H21F3N2O/c1-20-7-5-12(6-8-20)19-10-11-3-4-13(21-2)9-14(11)15(16,17)18/h3-4,9,12,19H,5-8,10H2,1-2H3. The summed E-state index contributed by atoms with van der Waals surface area (Å²) in [7, 11) is 3.42. The molecule has 0 radical (unpaired) electrons. The van der Waals surface area contributed by atoms with Crippen LogP contribution in [0.1, 0.15) is 24.0 Å². The molecule has 1 aliphatic heterocycles. The van der Waals surface area contributed by atoms with Gasteiger partial charge < -0.3 is 15.0 Å². The van der Waals surface area contributed by atoms with Crippen LogP contribution in [-0.4, -0.2) is 38.2 Å². The Hall–Kier alpha value is -1.27. The summed E-state index contributed by atoms with van der Waals surface area (Å²) in [5.41, 5.74) is -0.357. The number of nitrogens with one attached hydrogen (secondary N) is 1. The maximum absolute atomic E-state index is 13.1. The highest BCUT2D eigenvalue weighted by molar-refractivity contribution is 5.37. The van der Waals surface area contributed by atoms with Crippen molar-refractivity contribution in [2.45, 2.75) is 31.6 Å². The van der Waals surface area contributed by atoms with E-state index in [1.807, 2.05) is 0 Å². The van der Waals surface area contributed by atoms with Crippen LogP contribution in [0.15, 0.2) is 18.2 Å². The van der Waals surface area contributed by atoms with Crippen molar-refractivity contribution in [2.75, 3.05) is 27.2 Å². The topological polar surface area (TPSA) is 24.5 Å². The zero-order valence-corrected chi connectivity index (χ0v) is 12.3. The first-order valence-electron chi connectivity index (χ1n) is 7.06. The minimum Gasteiger partial charge on any atom is -0.497 e. The molecule has 0 bridgehead atoms. The molecule has 1 N–H and O–H groups in total. The molecule has 0 amide bonds. The van der Waals surface area contributed by atoms with Crippen LogP contribution in [0.4, 0.5) is 13.2 Å². The number of alkyl halides is 3. The first-order chi connectivity index (χ1) is 9.90. The van der Waals surface area contributed by atoms with Gasteiger partial charge >= 0.3 is 6.18 Å². The fourth-order valence-electron chi connectivity index (χ4n) is 2.57. The van der Waals surface area contributed by atoms with Crippen molar-refractivity contribution < 1.29 is 17.9 Å². The predicted octanol–water partition coefficient (Wildman–Crippen LogP) is 2.90. The van der Waals surface area contributed by atoms with Crippen LogP contribution in [0, 0.1) is 0 Å². The number of piperidine rings is 1. The maximum atomic E-state index is 13.1. The Kier molecular flexibility index (Phi) is 5.11. The molecule has 118 valence electrons. The summed E-state index contributed by atoms with van der Waals surface area (Å²) >= 11 is 0. The minimum atomic E-state index is -4.36. The summed E-state index contributed by atoms with van der Waals surface area (Å²) < 4.78 is 44.2. The van der Waals surface area contributed by atoms with E-state index in [0.29, 0.717) is 0 Å². The van der Waals surface area contributed by atoms with Gasteiger partial charge in [-0.15, -0.1) is 0 Å². The van der Waals surface area contributed by atoms with Gasteiger partial charge in [-0.2, -0.15) is 13.2 Å². The highest BCUT2D eigenvalue weighted by Crippen LogP contribution is 2.34. The van der Waals surface area contributed by atoms with Gasteiger partial charge in [-0.05, 0) is 50.7 Å². The molecule has 0 unspecified atom stereocenters. The van der Waals surface area contributed by atoms with Crippen molar-refractivity contribution in [1.29, 1.82) is 0 Å². The fourth-order valence-corrected chi connectivity index (χ4v) is 2.57. The first-order valence-corrected chi connectivity index (χ1v) is 7.06. The molecule has 1 fully saturated rings. The molecule has 0 aromatic heterocycles. The fraction of sp³-hybridized carbons (Fsp3) is 0.600. The molecule has 1 saturated heterocycles. The lowest BCUT2D eigenvalue weighted by molar-refractivity contribution is -0.138. The van der Waals surface area contributed by atoms with Crippen LogP contribution in [-0.2, 0) is 12.7 Å². The predicted molar refractivity (Wildman–Crippen MR) is 75.4 cm³/mol. The third-order valence-electron chi connectivity index (χ3n) is 3.92. The molecule has 3 nitrogen and oxygen atoms in total. The van der Waals surface area contributed by atoms with Gasteiger partial charge in [0.15, 0.2) is 0 Å². The summed E-state index contributed by atoms with van der Waals surface area (Å²) in [5.74, 6) is 0.227. The molecule has 1 aromatic rings.